The van der Waals surface area contributed by atoms with Crippen LogP contribution in [-0.2, 0) is 17.8 Å². The maximum atomic E-state index is 13.6. The smallest absolute Gasteiger partial charge is 0.317 e. The summed E-state index contributed by atoms with van der Waals surface area (Å²) in [6, 6.07) is 16.4. The quantitative estimate of drug-likeness (QED) is 0.443. The SMILES string of the molecule is C=CC(=O)Cc1ccccc1CN(C(=O)Nc1cccc(C)c1)C1CCN(C(C)CCC)CC1. The number of nitrogens with one attached hydrogen (secondary N) is 1. The number of hydrogen-bond donors (Lipinski definition) is 1. The molecule has 5 nitrogen and oxygen atoms in total. The van der Waals surface area contributed by atoms with Crippen molar-refractivity contribution in [1.82, 2.24) is 9.80 Å². The highest BCUT2D eigenvalue weighted by Crippen LogP contribution is 2.24. The molecule has 34 heavy (non-hydrogen) atoms. The Kier molecular flexibility index (Phi) is 9.46. The van der Waals surface area contributed by atoms with Crippen molar-refractivity contribution in [3.8, 4) is 0 Å². The molecule has 1 heterocycles. The lowest BCUT2D eigenvalue weighted by atomic mass is 9.98. The third-order valence-electron chi connectivity index (χ3n) is 6.85. The summed E-state index contributed by atoms with van der Waals surface area (Å²) < 4.78 is 0. The molecule has 2 amide bonds. The average molecular weight is 462 g/mol. The molecule has 3 rings (SSSR count). The highest BCUT2D eigenvalue weighted by atomic mass is 16.2. The van der Waals surface area contributed by atoms with Crippen LogP contribution in [0.4, 0.5) is 10.5 Å². The second-order valence-corrected chi connectivity index (χ2v) is 9.45. The second kappa shape index (κ2) is 12.5. The summed E-state index contributed by atoms with van der Waals surface area (Å²) in [6.07, 6.45) is 5.96. The molecule has 1 N–H and O–H groups in total. The third-order valence-corrected chi connectivity index (χ3v) is 6.85. The van der Waals surface area contributed by atoms with Gasteiger partial charge in [-0.05, 0) is 68.0 Å². The van der Waals surface area contributed by atoms with E-state index in [0.29, 0.717) is 19.0 Å². The van der Waals surface area contributed by atoms with Crippen LogP contribution >= 0.6 is 0 Å². The molecule has 182 valence electrons. The number of amides is 2. The van der Waals surface area contributed by atoms with Gasteiger partial charge in [-0.1, -0.05) is 56.3 Å². The molecule has 0 spiro atoms. The van der Waals surface area contributed by atoms with Gasteiger partial charge in [0.1, 0.15) is 0 Å². The van der Waals surface area contributed by atoms with E-state index in [1.54, 1.807) is 0 Å². The van der Waals surface area contributed by atoms with Crippen molar-refractivity contribution in [2.75, 3.05) is 18.4 Å². The number of benzene rings is 2. The zero-order chi connectivity index (χ0) is 24.5. The van der Waals surface area contributed by atoms with Crippen LogP contribution in [0, 0.1) is 6.92 Å². The van der Waals surface area contributed by atoms with Gasteiger partial charge in [0.05, 0.1) is 0 Å². The monoisotopic (exact) mass is 461 g/mol. The zero-order valence-electron chi connectivity index (χ0n) is 20.9. The molecule has 0 aliphatic carbocycles. The Bertz CT molecular complexity index is 979. The number of hydrogen-bond acceptors (Lipinski definition) is 3. The fourth-order valence-corrected chi connectivity index (χ4v) is 4.85. The number of rotatable bonds is 10. The number of carbonyl (C=O) groups excluding carboxylic acids is 2. The molecule has 2 aromatic rings. The molecule has 1 atom stereocenters. The molecule has 0 radical (unpaired) electrons. The van der Waals surface area contributed by atoms with Gasteiger partial charge in [-0.15, -0.1) is 0 Å². The van der Waals surface area contributed by atoms with Gasteiger partial charge in [-0.2, -0.15) is 0 Å². The molecule has 1 fully saturated rings. The van der Waals surface area contributed by atoms with E-state index in [0.717, 1.165) is 48.3 Å². The fourth-order valence-electron chi connectivity index (χ4n) is 4.85. The Balaban J connectivity index is 1.81. The van der Waals surface area contributed by atoms with E-state index in [-0.39, 0.29) is 17.9 Å². The van der Waals surface area contributed by atoms with E-state index in [2.05, 4.69) is 30.6 Å². The first kappa shape index (κ1) is 25.7. The van der Waals surface area contributed by atoms with E-state index in [1.165, 1.54) is 18.9 Å². The summed E-state index contributed by atoms with van der Waals surface area (Å²) in [4.78, 5) is 30.1. The first-order valence-electron chi connectivity index (χ1n) is 12.5. The van der Waals surface area contributed by atoms with Crippen LogP contribution in [0.3, 0.4) is 0 Å². The Morgan fingerprint density at radius 1 is 1.15 bits per heavy atom. The predicted octanol–water partition coefficient (Wildman–Crippen LogP) is 5.98. The van der Waals surface area contributed by atoms with Crippen molar-refractivity contribution in [2.24, 2.45) is 0 Å². The minimum atomic E-state index is -0.0875. The van der Waals surface area contributed by atoms with E-state index in [1.807, 2.05) is 60.4 Å². The van der Waals surface area contributed by atoms with E-state index < -0.39 is 0 Å². The number of anilines is 1. The van der Waals surface area contributed by atoms with Gasteiger partial charge in [0.25, 0.3) is 0 Å². The number of carbonyl (C=O) groups is 2. The summed E-state index contributed by atoms with van der Waals surface area (Å²) in [7, 11) is 0. The lowest BCUT2D eigenvalue weighted by molar-refractivity contribution is -0.114. The third kappa shape index (κ3) is 7.04. The van der Waals surface area contributed by atoms with Crippen LogP contribution in [0.5, 0.6) is 0 Å². The van der Waals surface area contributed by atoms with Crippen LogP contribution < -0.4 is 5.32 Å². The number of piperidine rings is 1. The first-order chi connectivity index (χ1) is 16.4. The Labute approximate surface area is 204 Å². The van der Waals surface area contributed by atoms with Crippen molar-refractivity contribution in [1.29, 1.82) is 0 Å². The molecular formula is C29H39N3O2. The van der Waals surface area contributed by atoms with Crippen LogP contribution in [-0.4, -0.2) is 46.8 Å². The molecule has 0 saturated carbocycles. The molecule has 0 aromatic heterocycles. The van der Waals surface area contributed by atoms with Gasteiger partial charge >= 0.3 is 6.03 Å². The van der Waals surface area contributed by atoms with E-state index in [9.17, 15) is 9.59 Å². The van der Waals surface area contributed by atoms with Gasteiger partial charge in [0.15, 0.2) is 5.78 Å². The number of ketones is 1. The van der Waals surface area contributed by atoms with Crippen molar-refractivity contribution < 1.29 is 9.59 Å². The Morgan fingerprint density at radius 3 is 2.50 bits per heavy atom. The summed E-state index contributed by atoms with van der Waals surface area (Å²) in [6.45, 7) is 12.6. The Hall–Kier alpha value is -2.92. The largest absolute Gasteiger partial charge is 0.322 e. The second-order valence-electron chi connectivity index (χ2n) is 9.45. The molecule has 5 heteroatoms. The highest BCUT2D eigenvalue weighted by Gasteiger charge is 2.30. The first-order valence-corrected chi connectivity index (χ1v) is 12.5. The van der Waals surface area contributed by atoms with Crippen LogP contribution in [0.15, 0.2) is 61.2 Å². The number of nitrogens with zero attached hydrogens (tertiary/aromatic N) is 2. The molecule has 0 bridgehead atoms. The van der Waals surface area contributed by atoms with E-state index in [4.69, 9.17) is 0 Å². The number of urea groups is 1. The highest BCUT2D eigenvalue weighted by molar-refractivity contribution is 5.91. The minimum absolute atomic E-state index is 0.0126. The molecule has 1 aliphatic rings. The van der Waals surface area contributed by atoms with Crippen LogP contribution in [0.2, 0.25) is 0 Å². The molecule has 2 aromatic carbocycles. The molecule has 1 aliphatic heterocycles. The summed E-state index contributed by atoms with van der Waals surface area (Å²) in [5.41, 5.74) is 3.88. The maximum Gasteiger partial charge on any atom is 0.322 e. The molecular weight excluding hydrogens is 422 g/mol. The molecule has 1 saturated heterocycles. The van der Waals surface area contributed by atoms with Crippen LogP contribution in [0.25, 0.3) is 0 Å². The summed E-state index contributed by atoms with van der Waals surface area (Å²) in [5, 5.41) is 3.12. The minimum Gasteiger partial charge on any atom is -0.317 e. The maximum absolute atomic E-state index is 13.6. The van der Waals surface area contributed by atoms with Crippen LogP contribution in [0.1, 0.15) is 56.2 Å². The lowest BCUT2D eigenvalue weighted by Crippen LogP contribution is -2.50. The molecule has 1 unspecified atom stereocenters. The van der Waals surface area contributed by atoms with Crippen molar-refractivity contribution in [3.63, 3.8) is 0 Å². The summed E-state index contributed by atoms with van der Waals surface area (Å²) >= 11 is 0. The number of likely N-dealkylation sites (tertiary alicyclic amines) is 1. The average Bonchev–Trinajstić information content (AvgIpc) is 2.83. The zero-order valence-corrected chi connectivity index (χ0v) is 20.9. The van der Waals surface area contributed by atoms with Crippen molar-refractivity contribution >= 4 is 17.5 Å². The van der Waals surface area contributed by atoms with Crippen molar-refractivity contribution in [3.05, 3.63) is 77.9 Å². The number of aryl methyl sites for hydroxylation is 1. The predicted molar refractivity (Wildman–Crippen MR) is 140 cm³/mol. The normalized spacial score (nSPS) is 15.5. The topological polar surface area (TPSA) is 52.7 Å². The summed E-state index contributed by atoms with van der Waals surface area (Å²) in [5.74, 6) is -0.0126. The number of allylic oxidation sites excluding steroid dienone is 1. The van der Waals surface area contributed by atoms with Gasteiger partial charge < -0.3 is 15.1 Å². The fraction of sp³-hybridized carbons (Fsp3) is 0.448. The van der Waals surface area contributed by atoms with Gasteiger partial charge in [-0.3, -0.25) is 4.79 Å². The van der Waals surface area contributed by atoms with Gasteiger partial charge in [0, 0.05) is 43.8 Å². The standard InChI is InChI=1S/C29H39N3O2/c1-5-10-23(4)31-17-15-27(16-18-31)32(29(34)30-26-14-9-11-22(3)19-26)21-25-13-8-7-12-24(25)20-28(33)6-2/h6-9,11-14,19,23,27H,2,5,10,15-18,20-21H2,1,3-4H3,(H,30,34). The van der Waals surface area contributed by atoms with Gasteiger partial charge in [0.2, 0.25) is 0 Å². The van der Waals surface area contributed by atoms with E-state index >= 15 is 0 Å². The van der Waals surface area contributed by atoms with Gasteiger partial charge in [-0.25, -0.2) is 4.79 Å². The Morgan fingerprint density at radius 2 is 1.85 bits per heavy atom. The van der Waals surface area contributed by atoms with Crippen molar-refractivity contribution in [2.45, 2.75) is 71.5 Å². The lowest BCUT2D eigenvalue weighted by Gasteiger charge is -2.41.